The van der Waals surface area contributed by atoms with Gasteiger partial charge in [0.2, 0.25) is 0 Å². The summed E-state index contributed by atoms with van der Waals surface area (Å²) in [4.78, 5) is 7.39. The lowest BCUT2D eigenvalue weighted by atomic mass is 10.1. The first-order chi connectivity index (χ1) is 9.00. The molecule has 1 aliphatic heterocycles. The maximum Gasteiger partial charge on any atom is 0.278 e. The highest BCUT2D eigenvalue weighted by molar-refractivity contribution is 7.78. The molecular formula is C13H16ClN3OS. The van der Waals surface area contributed by atoms with E-state index in [1.54, 1.807) is 31.2 Å². The van der Waals surface area contributed by atoms with Gasteiger partial charge in [-0.15, -0.1) is 0 Å². The summed E-state index contributed by atoms with van der Waals surface area (Å²) in [6.45, 7) is 3.28. The Morgan fingerprint density at radius 3 is 2.74 bits per heavy atom. The number of nitrogens with zero attached hydrogens (tertiary/aromatic N) is 1. The maximum atomic E-state index is 10.5. The summed E-state index contributed by atoms with van der Waals surface area (Å²) in [6, 6.07) is 7.00. The number of nitrogens with one attached hydrogen (secondary N) is 2. The van der Waals surface area contributed by atoms with Gasteiger partial charge in [-0.05, 0) is 31.2 Å². The van der Waals surface area contributed by atoms with Crippen molar-refractivity contribution < 1.29 is 10.1 Å². The molecule has 1 aromatic carbocycles. The van der Waals surface area contributed by atoms with Crippen molar-refractivity contribution >= 4 is 40.8 Å². The number of halogens is 1. The van der Waals surface area contributed by atoms with E-state index in [4.69, 9.17) is 24.2 Å². The van der Waals surface area contributed by atoms with E-state index in [2.05, 4.69) is 15.3 Å². The minimum Gasteiger partial charge on any atom is -0.761 e. The molecule has 6 heteroatoms. The van der Waals surface area contributed by atoms with Crippen molar-refractivity contribution in [3.63, 3.8) is 0 Å². The number of amidine groups is 1. The lowest BCUT2D eigenvalue weighted by Crippen LogP contribution is -2.84. The number of aliphatic imine (C=N–C) groups is 1. The van der Waals surface area contributed by atoms with Crippen LogP contribution >= 0.6 is 11.6 Å². The van der Waals surface area contributed by atoms with Crippen molar-refractivity contribution in [1.82, 2.24) is 5.32 Å². The molecule has 0 spiro atoms. The molecule has 0 aliphatic carbocycles. The van der Waals surface area contributed by atoms with Crippen molar-refractivity contribution in [3.05, 3.63) is 29.3 Å². The summed E-state index contributed by atoms with van der Waals surface area (Å²) >= 11 is 11.0. The summed E-state index contributed by atoms with van der Waals surface area (Å²) in [5.41, 5.74) is -0.624. The van der Waals surface area contributed by atoms with Crippen LogP contribution in [0.1, 0.15) is 13.3 Å². The van der Waals surface area contributed by atoms with Gasteiger partial charge >= 0.3 is 0 Å². The Balaban J connectivity index is 2.23. The molecule has 0 amide bonds. The lowest BCUT2D eigenvalue weighted by molar-refractivity contribution is -0.468. The van der Waals surface area contributed by atoms with Crippen LogP contribution in [0.4, 0.5) is 5.69 Å². The lowest BCUT2D eigenvalue weighted by Gasteiger charge is -2.29. The average Bonchev–Trinajstić information content (AvgIpc) is 2.42. The Labute approximate surface area is 123 Å². The second kappa shape index (κ2) is 5.86. The number of aliphatic hydroxyl groups is 1. The van der Waals surface area contributed by atoms with E-state index < -0.39 is 5.60 Å². The van der Waals surface area contributed by atoms with Crippen molar-refractivity contribution in [2.75, 3.05) is 13.1 Å². The summed E-state index contributed by atoms with van der Waals surface area (Å²) in [5.74, 6) is 0.612. The van der Waals surface area contributed by atoms with Crippen LogP contribution in [0, 0.1) is 0 Å². The van der Waals surface area contributed by atoms with Gasteiger partial charge in [0.25, 0.3) is 5.84 Å². The van der Waals surface area contributed by atoms with Crippen LogP contribution in [-0.4, -0.2) is 34.7 Å². The molecule has 0 radical (unpaired) electrons. The van der Waals surface area contributed by atoms with Crippen molar-refractivity contribution in [2.24, 2.45) is 4.99 Å². The molecule has 1 heterocycles. The molecular weight excluding hydrogens is 282 g/mol. The van der Waals surface area contributed by atoms with Crippen LogP contribution in [0.15, 0.2) is 29.3 Å². The first kappa shape index (κ1) is 14.2. The second-order valence-electron chi connectivity index (χ2n) is 4.55. The third-order valence-electron chi connectivity index (χ3n) is 2.92. The predicted molar refractivity (Wildman–Crippen MR) is 80.0 cm³/mol. The van der Waals surface area contributed by atoms with Crippen molar-refractivity contribution in [2.45, 2.75) is 18.9 Å². The zero-order valence-electron chi connectivity index (χ0n) is 10.6. The molecule has 0 saturated heterocycles. The molecule has 0 aromatic heterocycles. The zero-order valence-corrected chi connectivity index (χ0v) is 12.2. The normalized spacial score (nSPS) is 19.3. The fourth-order valence-electron chi connectivity index (χ4n) is 1.77. The van der Waals surface area contributed by atoms with Crippen LogP contribution in [0.25, 0.3) is 0 Å². The molecule has 19 heavy (non-hydrogen) atoms. The Morgan fingerprint density at radius 2 is 2.16 bits per heavy atom. The smallest absolute Gasteiger partial charge is 0.278 e. The quantitative estimate of drug-likeness (QED) is 0.423. The maximum absolute atomic E-state index is 10.5. The van der Waals surface area contributed by atoms with Gasteiger partial charge in [0, 0.05) is 11.4 Å². The molecule has 0 saturated carbocycles. The predicted octanol–water partition coefficient (Wildman–Crippen LogP) is 0.140. The van der Waals surface area contributed by atoms with Gasteiger partial charge in [0.1, 0.15) is 0 Å². The molecule has 4 nitrogen and oxygen atoms in total. The fraction of sp³-hybridized carbons (Fsp3) is 0.385. The van der Waals surface area contributed by atoms with Gasteiger partial charge in [-0.25, -0.2) is 0 Å². The number of rotatable bonds is 3. The highest BCUT2D eigenvalue weighted by Crippen LogP contribution is 2.18. The highest BCUT2D eigenvalue weighted by atomic mass is 35.5. The molecule has 0 bridgehead atoms. The Morgan fingerprint density at radius 1 is 1.47 bits per heavy atom. The van der Waals surface area contributed by atoms with Gasteiger partial charge in [-0.1, -0.05) is 16.6 Å². The van der Waals surface area contributed by atoms with Crippen LogP contribution in [0.3, 0.4) is 0 Å². The Hall–Kier alpha value is -1.17. The third kappa shape index (κ3) is 3.43. The third-order valence-corrected chi connectivity index (χ3v) is 3.66. The number of benzene rings is 1. The summed E-state index contributed by atoms with van der Waals surface area (Å²) in [6.07, 6.45) is 1.01. The van der Waals surface area contributed by atoms with Gasteiger partial charge in [-0.3, -0.25) is 15.3 Å². The highest BCUT2D eigenvalue weighted by Gasteiger charge is 2.33. The number of hydrogen-bond donors (Lipinski definition) is 3. The minimum absolute atomic E-state index is 0.215. The van der Waals surface area contributed by atoms with Crippen LogP contribution in [-0.2, 0) is 12.6 Å². The number of hydrogen-bond acceptors (Lipinski definition) is 4. The first-order valence-electron chi connectivity index (χ1n) is 6.09. The van der Waals surface area contributed by atoms with E-state index in [-0.39, 0.29) is 5.04 Å². The van der Waals surface area contributed by atoms with Crippen LogP contribution in [0.5, 0.6) is 0 Å². The van der Waals surface area contributed by atoms with Gasteiger partial charge in [0.05, 0.1) is 18.8 Å². The second-order valence-corrected chi connectivity index (χ2v) is 5.37. The topological polar surface area (TPSA) is 58.6 Å². The van der Waals surface area contributed by atoms with Gasteiger partial charge < -0.3 is 17.7 Å². The van der Waals surface area contributed by atoms with Gasteiger partial charge in [-0.2, -0.15) is 0 Å². The molecule has 1 aliphatic rings. The molecule has 102 valence electrons. The molecule has 1 atom stereocenters. The average molecular weight is 298 g/mol. The zero-order chi connectivity index (χ0) is 13.9. The molecule has 1 unspecified atom stereocenters. The molecule has 3 N–H and O–H groups in total. The van der Waals surface area contributed by atoms with Crippen LogP contribution < -0.4 is 10.3 Å². The fourth-order valence-corrected chi connectivity index (χ4v) is 2.10. The molecule has 2 rings (SSSR count). The molecule has 1 aromatic rings. The van der Waals surface area contributed by atoms with Gasteiger partial charge in [0.15, 0.2) is 5.60 Å². The van der Waals surface area contributed by atoms with E-state index >= 15 is 0 Å². The van der Waals surface area contributed by atoms with Crippen molar-refractivity contribution in [1.29, 1.82) is 0 Å². The monoisotopic (exact) mass is 297 g/mol. The summed E-state index contributed by atoms with van der Waals surface area (Å²) < 4.78 is 0. The van der Waals surface area contributed by atoms with E-state index in [1.807, 2.05) is 0 Å². The summed E-state index contributed by atoms with van der Waals surface area (Å²) in [5, 5.41) is 14.5. The largest absolute Gasteiger partial charge is 0.761 e. The van der Waals surface area contributed by atoms with Crippen LogP contribution in [0.2, 0.25) is 5.02 Å². The van der Waals surface area contributed by atoms with Crippen molar-refractivity contribution in [3.8, 4) is 0 Å². The first-order valence-corrected chi connectivity index (χ1v) is 6.88. The van der Waals surface area contributed by atoms with E-state index in [0.29, 0.717) is 16.5 Å². The Kier molecular flexibility index (Phi) is 4.39. The standard InChI is InChI=1S/C13H16ClN3OS/c1-13(18,11-15-7-2-8-16-11)12(19)17-10-5-3-9(14)4-6-10/h3-6,18H,2,7-8H2,1H3,(H,15,16)(H,17,19). The van der Waals surface area contributed by atoms with E-state index in [0.717, 1.165) is 19.5 Å². The SMILES string of the molecule is CC(O)(C([S-])=Nc1ccc(Cl)cc1)C1=[NH+]CCCN1. The minimum atomic E-state index is -1.30. The van der Waals surface area contributed by atoms with E-state index in [1.165, 1.54) is 0 Å². The Bertz CT molecular complexity index is 511. The van der Waals surface area contributed by atoms with E-state index in [9.17, 15) is 5.11 Å². The molecule has 0 fully saturated rings. The summed E-state index contributed by atoms with van der Waals surface area (Å²) in [7, 11) is 0.